The molecule has 1 heterocycles. The third-order valence-corrected chi connectivity index (χ3v) is 6.66. The molecule has 3 aliphatic rings. The molecule has 1 saturated heterocycles. The van der Waals surface area contributed by atoms with E-state index in [2.05, 4.69) is 10.6 Å². The number of carbonyl (C=O) groups is 1. The molecule has 0 aromatic rings. The van der Waals surface area contributed by atoms with Crippen LogP contribution in [0.3, 0.4) is 0 Å². The second kappa shape index (κ2) is 9.40. The number of carbonyl (C=O) groups excluding carboxylic acids is 1. The topological polar surface area (TPSA) is 50.4 Å². The first-order chi connectivity index (χ1) is 11.2. The molecule has 2 saturated carbocycles. The van der Waals surface area contributed by atoms with E-state index in [9.17, 15) is 4.79 Å². The summed E-state index contributed by atoms with van der Waals surface area (Å²) in [5, 5.41) is 6.71. The second-order valence-electron chi connectivity index (χ2n) is 8.22. The minimum Gasteiger partial charge on any atom is -0.384 e. The molecule has 3 unspecified atom stereocenters. The van der Waals surface area contributed by atoms with Gasteiger partial charge in [0.05, 0.1) is 6.61 Å². The summed E-state index contributed by atoms with van der Waals surface area (Å²) in [5.41, 5.74) is 0.137. The van der Waals surface area contributed by atoms with Gasteiger partial charge in [0.2, 0.25) is 5.91 Å². The molecule has 5 heteroatoms. The van der Waals surface area contributed by atoms with Gasteiger partial charge in [-0.2, -0.15) is 0 Å². The van der Waals surface area contributed by atoms with Crippen LogP contribution >= 0.6 is 12.4 Å². The van der Waals surface area contributed by atoms with E-state index in [4.69, 9.17) is 4.74 Å². The highest BCUT2D eigenvalue weighted by atomic mass is 35.5. The lowest BCUT2D eigenvalue weighted by Gasteiger charge is -2.40. The molecule has 0 bridgehead atoms. The molecule has 0 radical (unpaired) electrons. The van der Waals surface area contributed by atoms with Crippen molar-refractivity contribution in [2.75, 3.05) is 33.4 Å². The summed E-state index contributed by atoms with van der Waals surface area (Å²) in [6.45, 7) is 3.61. The maximum atomic E-state index is 12.7. The molecule has 2 aliphatic carbocycles. The highest BCUT2D eigenvalue weighted by molar-refractivity contribution is 5.85. The molecule has 3 fully saturated rings. The highest BCUT2D eigenvalue weighted by Gasteiger charge is 2.37. The van der Waals surface area contributed by atoms with E-state index in [1.54, 1.807) is 7.11 Å². The first kappa shape index (κ1) is 20.0. The third-order valence-electron chi connectivity index (χ3n) is 6.66. The van der Waals surface area contributed by atoms with Crippen molar-refractivity contribution in [2.45, 2.75) is 57.8 Å². The van der Waals surface area contributed by atoms with Crippen molar-refractivity contribution in [3.63, 3.8) is 0 Å². The minimum absolute atomic E-state index is 0. The molecule has 1 amide bonds. The molecule has 140 valence electrons. The number of halogens is 1. The third kappa shape index (κ3) is 4.86. The Morgan fingerprint density at radius 3 is 2.54 bits per heavy atom. The second-order valence-corrected chi connectivity index (χ2v) is 8.22. The fourth-order valence-electron chi connectivity index (χ4n) is 5.17. The van der Waals surface area contributed by atoms with Crippen molar-refractivity contribution >= 4 is 18.3 Å². The summed E-state index contributed by atoms with van der Waals surface area (Å²) in [5.74, 6) is 2.30. The van der Waals surface area contributed by atoms with E-state index in [0.717, 1.165) is 63.8 Å². The summed E-state index contributed by atoms with van der Waals surface area (Å²) in [6, 6.07) is 0. The van der Waals surface area contributed by atoms with Gasteiger partial charge in [-0.05, 0) is 57.0 Å². The standard InChI is InChI=1S/C19H34N2O2.ClH/c1-23-14-19(8-10-20-11-9-19)13-21-18(22)17-7-6-15-4-2-3-5-16(15)12-17;/h15-17,20H,2-14H2,1H3,(H,21,22);1H. The van der Waals surface area contributed by atoms with Crippen LogP contribution in [0.25, 0.3) is 0 Å². The van der Waals surface area contributed by atoms with Crippen LogP contribution < -0.4 is 10.6 Å². The molecular weight excluding hydrogens is 324 g/mol. The van der Waals surface area contributed by atoms with Gasteiger partial charge in [-0.1, -0.05) is 25.7 Å². The fraction of sp³-hybridized carbons (Fsp3) is 0.947. The SMILES string of the molecule is COCC1(CNC(=O)C2CCC3CCCCC3C2)CCNCC1.Cl. The van der Waals surface area contributed by atoms with Gasteiger partial charge in [-0.15, -0.1) is 12.4 Å². The van der Waals surface area contributed by atoms with E-state index in [1.807, 2.05) is 0 Å². The molecule has 4 nitrogen and oxygen atoms in total. The Morgan fingerprint density at radius 2 is 1.83 bits per heavy atom. The average Bonchev–Trinajstić information content (AvgIpc) is 2.60. The Balaban J connectivity index is 0.00000208. The van der Waals surface area contributed by atoms with E-state index < -0.39 is 0 Å². The molecule has 0 aromatic heterocycles. The van der Waals surface area contributed by atoms with Crippen LogP contribution in [0.5, 0.6) is 0 Å². The maximum Gasteiger partial charge on any atom is 0.223 e. The lowest BCUT2D eigenvalue weighted by molar-refractivity contribution is -0.128. The first-order valence-corrected chi connectivity index (χ1v) is 9.70. The van der Waals surface area contributed by atoms with Crippen molar-refractivity contribution in [3.05, 3.63) is 0 Å². The number of ether oxygens (including phenoxy) is 1. The van der Waals surface area contributed by atoms with Crippen molar-refractivity contribution in [2.24, 2.45) is 23.2 Å². The summed E-state index contributed by atoms with van der Waals surface area (Å²) >= 11 is 0. The molecule has 3 rings (SSSR count). The summed E-state index contributed by atoms with van der Waals surface area (Å²) in [6.07, 6.45) is 11.2. The van der Waals surface area contributed by atoms with Crippen LogP contribution in [-0.4, -0.2) is 39.3 Å². The van der Waals surface area contributed by atoms with Gasteiger partial charge < -0.3 is 15.4 Å². The van der Waals surface area contributed by atoms with Gasteiger partial charge in [-0.3, -0.25) is 4.79 Å². The van der Waals surface area contributed by atoms with Gasteiger partial charge in [0.1, 0.15) is 0 Å². The monoisotopic (exact) mass is 358 g/mol. The lowest BCUT2D eigenvalue weighted by Crippen LogP contribution is -2.48. The quantitative estimate of drug-likeness (QED) is 0.793. The van der Waals surface area contributed by atoms with Gasteiger partial charge in [-0.25, -0.2) is 0 Å². The predicted octanol–water partition coefficient (Wildman–Crippen LogP) is 3.15. The number of methoxy groups -OCH3 is 1. The van der Waals surface area contributed by atoms with Crippen LogP contribution in [0.1, 0.15) is 57.8 Å². The number of hydrogen-bond donors (Lipinski definition) is 2. The first-order valence-electron chi connectivity index (χ1n) is 9.70. The smallest absolute Gasteiger partial charge is 0.223 e. The number of hydrogen-bond acceptors (Lipinski definition) is 3. The van der Waals surface area contributed by atoms with Gasteiger partial charge in [0.25, 0.3) is 0 Å². The van der Waals surface area contributed by atoms with Crippen LogP contribution in [0.15, 0.2) is 0 Å². The summed E-state index contributed by atoms with van der Waals surface area (Å²) < 4.78 is 5.45. The largest absolute Gasteiger partial charge is 0.384 e. The van der Waals surface area contributed by atoms with Crippen LogP contribution in [0.4, 0.5) is 0 Å². The number of piperidine rings is 1. The van der Waals surface area contributed by atoms with Crippen molar-refractivity contribution < 1.29 is 9.53 Å². The summed E-state index contributed by atoms with van der Waals surface area (Å²) in [4.78, 5) is 12.7. The van der Waals surface area contributed by atoms with Crippen molar-refractivity contribution in [3.8, 4) is 0 Å². The minimum atomic E-state index is 0. The number of fused-ring (bicyclic) bond motifs is 1. The zero-order valence-corrected chi connectivity index (χ0v) is 16.0. The van der Waals surface area contributed by atoms with Crippen LogP contribution in [0, 0.1) is 23.2 Å². The van der Waals surface area contributed by atoms with Gasteiger partial charge in [0, 0.05) is 25.0 Å². The van der Waals surface area contributed by atoms with E-state index in [1.165, 1.54) is 32.1 Å². The zero-order valence-electron chi connectivity index (χ0n) is 15.1. The molecule has 0 spiro atoms. The lowest BCUT2D eigenvalue weighted by atomic mass is 9.67. The number of amides is 1. The highest BCUT2D eigenvalue weighted by Crippen LogP contribution is 2.42. The maximum absolute atomic E-state index is 12.7. The number of nitrogens with one attached hydrogen (secondary N) is 2. The summed E-state index contributed by atoms with van der Waals surface area (Å²) in [7, 11) is 1.77. The van der Waals surface area contributed by atoms with Crippen LogP contribution in [0.2, 0.25) is 0 Å². The molecule has 3 atom stereocenters. The fourth-order valence-corrected chi connectivity index (χ4v) is 5.17. The van der Waals surface area contributed by atoms with Crippen molar-refractivity contribution in [1.29, 1.82) is 0 Å². The Kier molecular flexibility index (Phi) is 7.83. The van der Waals surface area contributed by atoms with E-state index in [-0.39, 0.29) is 23.7 Å². The molecule has 2 N–H and O–H groups in total. The number of rotatable bonds is 5. The molecule has 24 heavy (non-hydrogen) atoms. The van der Waals surface area contributed by atoms with E-state index >= 15 is 0 Å². The predicted molar refractivity (Wildman–Crippen MR) is 99.5 cm³/mol. The van der Waals surface area contributed by atoms with E-state index in [0.29, 0.717) is 5.91 Å². The zero-order chi connectivity index (χ0) is 16.1. The van der Waals surface area contributed by atoms with Gasteiger partial charge in [0.15, 0.2) is 0 Å². The normalized spacial score (nSPS) is 32.3. The Hall–Kier alpha value is -0.320. The molecular formula is C19H35ClN2O2. The molecule has 1 aliphatic heterocycles. The average molecular weight is 359 g/mol. The Bertz CT molecular complexity index is 393. The Labute approximate surface area is 153 Å². The Morgan fingerprint density at radius 1 is 1.12 bits per heavy atom. The van der Waals surface area contributed by atoms with Gasteiger partial charge >= 0.3 is 0 Å². The van der Waals surface area contributed by atoms with Crippen molar-refractivity contribution in [1.82, 2.24) is 10.6 Å². The van der Waals surface area contributed by atoms with Crippen LogP contribution in [-0.2, 0) is 9.53 Å². The molecule has 0 aromatic carbocycles.